The summed E-state index contributed by atoms with van der Waals surface area (Å²) in [5, 5.41) is 14.2. The molecule has 0 aliphatic rings. The van der Waals surface area contributed by atoms with E-state index in [4.69, 9.17) is 4.74 Å². The summed E-state index contributed by atoms with van der Waals surface area (Å²) in [6.45, 7) is 4.03. The van der Waals surface area contributed by atoms with Gasteiger partial charge in [-0.15, -0.1) is 5.10 Å². The minimum Gasteiger partial charge on any atom is -0.492 e. The third kappa shape index (κ3) is 4.32. The van der Waals surface area contributed by atoms with Crippen LogP contribution in [-0.2, 0) is 0 Å². The Morgan fingerprint density at radius 3 is 2.58 bits per heavy atom. The van der Waals surface area contributed by atoms with Crippen LogP contribution in [0.4, 0.5) is 23.1 Å². The predicted octanol–water partition coefficient (Wildman–Crippen LogP) is 3.96. The van der Waals surface area contributed by atoms with Gasteiger partial charge in [0.15, 0.2) is 11.6 Å². The van der Waals surface area contributed by atoms with Crippen molar-refractivity contribution in [2.24, 2.45) is 0 Å². The van der Waals surface area contributed by atoms with Crippen LogP contribution in [0.15, 0.2) is 54.7 Å². The van der Waals surface area contributed by atoms with Crippen LogP contribution < -0.4 is 15.4 Å². The molecular weight excluding hydrogens is 330 g/mol. The monoisotopic (exact) mass is 349 g/mol. The number of nitrogens with zero attached hydrogens (tertiary/aromatic N) is 3. The van der Waals surface area contributed by atoms with E-state index in [0.29, 0.717) is 23.9 Å². The fraction of sp³-hybridized carbons (Fsp3) is 0.158. The van der Waals surface area contributed by atoms with E-state index in [-0.39, 0.29) is 5.78 Å². The minimum atomic E-state index is 0.0275. The molecule has 132 valence electrons. The van der Waals surface area contributed by atoms with Crippen LogP contribution in [0.3, 0.4) is 0 Å². The molecule has 0 bridgehead atoms. The SMILES string of the molecule is CCOc1ccccc1Nc1nncc(Nc2ccc(C(C)=O)cc2)n1. The van der Waals surface area contributed by atoms with E-state index in [9.17, 15) is 4.79 Å². The fourth-order valence-corrected chi connectivity index (χ4v) is 2.32. The lowest BCUT2D eigenvalue weighted by atomic mass is 10.1. The number of ether oxygens (including phenoxy) is 1. The molecular formula is C19H19N5O2. The fourth-order valence-electron chi connectivity index (χ4n) is 2.32. The molecule has 0 aliphatic heterocycles. The summed E-state index contributed by atoms with van der Waals surface area (Å²) in [7, 11) is 0. The molecule has 0 spiro atoms. The number of Topliss-reactive ketones (excluding diaryl/α,β-unsaturated/α-hetero) is 1. The predicted molar refractivity (Wildman–Crippen MR) is 100 cm³/mol. The molecule has 7 heteroatoms. The molecule has 0 fully saturated rings. The molecule has 3 aromatic rings. The van der Waals surface area contributed by atoms with Gasteiger partial charge in [-0.25, -0.2) is 0 Å². The van der Waals surface area contributed by atoms with Crippen molar-refractivity contribution in [3.05, 3.63) is 60.3 Å². The minimum absolute atomic E-state index is 0.0275. The first kappa shape index (κ1) is 17.3. The summed E-state index contributed by atoms with van der Waals surface area (Å²) < 4.78 is 5.58. The number of carbonyl (C=O) groups excluding carboxylic acids is 1. The van der Waals surface area contributed by atoms with Crippen molar-refractivity contribution < 1.29 is 9.53 Å². The maximum absolute atomic E-state index is 11.3. The Labute approximate surface area is 151 Å². The van der Waals surface area contributed by atoms with Crippen LogP contribution in [0.25, 0.3) is 0 Å². The summed E-state index contributed by atoms with van der Waals surface area (Å²) in [6.07, 6.45) is 1.53. The van der Waals surface area contributed by atoms with Gasteiger partial charge in [-0.1, -0.05) is 12.1 Å². The largest absolute Gasteiger partial charge is 0.492 e. The number of para-hydroxylation sites is 2. The average molecular weight is 349 g/mol. The zero-order chi connectivity index (χ0) is 18.4. The van der Waals surface area contributed by atoms with Gasteiger partial charge in [0, 0.05) is 11.3 Å². The highest BCUT2D eigenvalue weighted by atomic mass is 16.5. The summed E-state index contributed by atoms with van der Waals surface area (Å²) in [5.74, 6) is 1.63. The van der Waals surface area contributed by atoms with E-state index in [0.717, 1.165) is 17.1 Å². The van der Waals surface area contributed by atoms with Crippen molar-refractivity contribution >= 4 is 28.9 Å². The molecule has 7 nitrogen and oxygen atoms in total. The summed E-state index contributed by atoms with van der Waals surface area (Å²) in [6, 6.07) is 14.7. The van der Waals surface area contributed by atoms with Gasteiger partial charge >= 0.3 is 0 Å². The summed E-state index contributed by atoms with van der Waals surface area (Å²) >= 11 is 0. The number of benzene rings is 2. The molecule has 1 heterocycles. The summed E-state index contributed by atoms with van der Waals surface area (Å²) in [4.78, 5) is 15.7. The second-order valence-corrected chi connectivity index (χ2v) is 5.48. The Morgan fingerprint density at radius 1 is 1.08 bits per heavy atom. The van der Waals surface area contributed by atoms with Crippen LogP contribution in [0.2, 0.25) is 0 Å². The standard InChI is InChI=1S/C19H19N5O2/c1-3-26-17-7-5-4-6-16(17)22-19-23-18(12-20-24-19)21-15-10-8-14(9-11-15)13(2)25/h4-12H,3H2,1-2H3,(H2,21,22,23,24). The Balaban J connectivity index is 1.75. The topological polar surface area (TPSA) is 89.0 Å². The lowest BCUT2D eigenvalue weighted by Crippen LogP contribution is -2.04. The number of hydrogen-bond donors (Lipinski definition) is 2. The molecule has 0 atom stereocenters. The van der Waals surface area contributed by atoms with Crippen molar-refractivity contribution in [3.8, 4) is 5.75 Å². The van der Waals surface area contributed by atoms with Crippen molar-refractivity contribution in [3.63, 3.8) is 0 Å². The second kappa shape index (κ2) is 8.06. The van der Waals surface area contributed by atoms with E-state index in [1.807, 2.05) is 43.3 Å². The molecule has 0 aliphatic carbocycles. The van der Waals surface area contributed by atoms with Crippen molar-refractivity contribution in [1.82, 2.24) is 15.2 Å². The van der Waals surface area contributed by atoms with Gasteiger partial charge in [0.25, 0.3) is 0 Å². The molecule has 2 N–H and O–H groups in total. The van der Waals surface area contributed by atoms with Gasteiger partial charge in [-0.3, -0.25) is 4.79 Å². The number of aromatic nitrogens is 3. The van der Waals surface area contributed by atoms with Crippen molar-refractivity contribution in [2.45, 2.75) is 13.8 Å². The first-order valence-electron chi connectivity index (χ1n) is 8.22. The lowest BCUT2D eigenvalue weighted by Gasteiger charge is -2.11. The molecule has 0 saturated heterocycles. The van der Waals surface area contributed by atoms with Crippen LogP contribution in [0.5, 0.6) is 5.75 Å². The average Bonchev–Trinajstić information content (AvgIpc) is 2.64. The van der Waals surface area contributed by atoms with Crippen LogP contribution in [-0.4, -0.2) is 27.6 Å². The van der Waals surface area contributed by atoms with E-state index in [1.165, 1.54) is 13.1 Å². The maximum atomic E-state index is 11.3. The number of carbonyl (C=O) groups is 1. The van der Waals surface area contributed by atoms with Crippen LogP contribution in [0, 0.1) is 0 Å². The van der Waals surface area contributed by atoms with E-state index >= 15 is 0 Å². The van der Waals surface area contributed by atoms with Crippen LogP contribution >= 0.6 is 0 Å². The zero-order valence-electron chi connectivity index (χ0n) is 14.6. The molecule has 0 radical (unpaired) electrons. The number of ketones is 1. The van der Waals surface area contributed by atoms with E-state index in [2.05, 4.69) is 25.8 Å². The Bertz CT molecular complexity index is 896. The normalized spacial score (nSPS) is 10.2. The third-order valence-corrected chi connectivity index (χ3v) is 3.56. The Hall–Kier alpha value is -3.48. The van der Waals surface area contributed by atoms with Crippen molar-refractivity contribution in [1.29, 1.82) is 0 Å². The van der Waals surface area contributed by atoms with Gasteiger partial charge in [0.05, 0.1) is 18.5 Å². The number of nitrogens with one attached hydrogen (secondary N) is 2. The van der Waals surface area contributed by atoms with Gasteiger partial charge in [-0.2, -0.15) is 10.1 Å². The molecule has 0 saturated carbocycles. The lowest BCUT2D eigenvalue weighted by molar-refractivity contribution is 0.101. The summed E-state index contributed by atoms with van der Waals surface area (Å²) in [5.41, 5.74) is 2.22. The van der Waals surface area contributed by atoms with Crippen LogP contribution in [0.1, 0.15) is 24.2 Å². The Morgan fingerprint density at radius 2 is 1.85 bits per heavy atom. The number of anilines is 4. The molecule has 0 unspecified atom stereocenters. The Kier molecular flexibility index (Phi) is 5.38. The van der Waals surface area contributed by atoms with Gasteiger partial charge in [-0.05, 0) is 50.2 Å². The van der Waals surface area contributed by atoms with Gasteiger partial charge in [0.1, 0.15) is 5.75 Å². The molecule has 0 amide bonds. The first-order valence-corrected chi connectivity index (χ1v) is 8.22. The van der Waals surface area contributed by atoms with E-state index < -0.39 is 0 Å². The highest BCUT2D eigenvalue weighted by molar-refractivity contribution is 5.94. The first-order chi connectivity index (χ1) is 12.7. The van der Waals surface area contributed by atoms with Gasteiger partial charge < -0.3 is 15.4 Å². The quantitative estimate of drug-likeness (QED) is 0.624. The third-order valence-electron chi connectivity index (χ3n) is 3.56. The second-order valence-electron chi connectivity index (χ2n) is 5.48. The highest BCUT2D eigenvalue weighted by Crippen LogP contribution is 2.26. The molecule has 3 rings (SSSR count). The van der Waals surface area contributed by atoms with Crippen molar-refractivity contribution in [2.75, 3.05) is 17.2 Å². The molecule has 26 heavy (non-hydrogen) atoms. The highest BCUT2D eigenvalue weighted by Gasteiger charge is 2.07. The zero-order valence-corrected chi connectivity index (χ0v) is 14.6. The number of rotatable bonds is 7. The maximum Gasteiger partial charge on any atom is 0.249 e. The molecule has 1 aromatic heterocycles. The van der Waals surface area contributed by atoms with E-state index in [1.54, 1.807) is 12.1 Å². The smallest absolute Gasteiger partial charge is 0.249 e. The molecule has 2 aromatic carbocycles. The van der Waals surface area contributed by atoms with Gasteiger partial charge in [0.2, 0.25) is 5.95 Å². The number of hydrogen-bond acceptors (Lipinski definition) is 7.